The van der Waals surface area contributed by atoms with Crippen molar-refractivity contribution in [3.8, 4) is 0 Å². The van der Waals surface area contributed by atoms with Crippen molar-refractivity contribution in [2.45, 2.75) is 62.5 Å². The van der Waals surface area contributed by atoms with Gasteiger partial charge in [-0.1, -0.05) is 25.3 Å². The summed E-state index contributed by atoms with van der Waals surface area (Å²) in [6.07, 6.45) is 4.03. The number of hydrogen-bond donors (Lipinski definition) is 3. The first-order valence-corrected chi connectivity index (χ1v) is 11.4. The van der Waals surface area contributed by atoms with Crippen LogP contribution in [0.15, 0.2) is 24.3 Å². The van der Waals surface area contributed by atoms with Crippen molar-refractivity contribution in [3.63, 3.8) is 0 Å². The molecule has 2 saturated heterocycles. The second kappa shape index (κ2) is 10.5. The van der Waals surface area contributed by atoms with Crippen molar-refractivity contribution in [2.75, 3.05) is 25.6 Å². The maximum absolute atomic E-state index is 12.3. The summed E-state index contributed by atoms with van der Waals surface area (Å²) in [5, 5.41) is 9.60. The summed E-state index contributed by atoms with van der Waals surface area (Å²) in [6, 6.07) is 6.88. The average molecular weight is 464 g/mol. The van der Waals surface area contributed by atoms with E-state index in [9.17, 15) is 9.59 Å². The third-order valence-corrected chi connectivity index (χ3v) is 6.27. The molecule has 2 aliphatic heterocycles. The number of ether oxygens (including phenoxy) is 4. The Morgan fingerprint density at radius 1 is 1.06 bits per heavy atom. The fourth-order valence-electron chi connectivity index (χ4n) is 4.45. The standard InChI is InChI=1S/C22H29N3O6S/c1-28-20(26)13-6-5-9-15(10-13)23-21(32)25-16-11-29-19-17(12-30-18(16)19)31-22(27)24-14-7-3-2-4-8-14/h5-6,9-10,14,16-19H,2-4,7-8,11-12H2,1H3,(H,24,27)(H2,23,25,32)/t16-,17-,18-,19+/m1/s1. The van der Waals surface area contributed by atoms with Gasteiger partial charge in [0.1, 0.15) is 12.2 Å². The molecule has 3 aliphatic rings. The van der Waals surface area contributed by atoms with Crippen molar-refractivity contribution < 1.29 is 28.5 Å². The Labute approximate surface area is 192 Å². The predicted molar refractivity (Wildman–Crippen MR) is 121 cm³/mol. The van der Waals surface area contributed by atoms with Crippen LogP contribution in [0.5, 0.6) is 0 Å². The highest BCUT2D eigenvalue weighted by Gasteiger charge is 2.49. The summed E-state index contributed by atoms with van der Waals surface area (Å²) in [6.45, 7) is 0.663. The number of carbonyl (C=O) groups is 2. The fourth-order valence-corrected chi connectivity index (χ4v) is 4.72. The van der Waals surface area contributed by atoms with Crippen LogP contribution in [0, 0.1) is 0 Å². The second-order valence-corrected chi connectivity index (χ2v) is 8.70. The Morgan fingerprint density at radius 3 is 2.62 bits per heavy atom. The van der Waals surface area contributed by atoms with Crippen molar-refractivity contribution in [3.05, 3.63) is 29.8 Å². The van der Waals surface area contributed by atoms with Crippen LogP contribution >= 0.6 is 12.2 Å². The number of fused-ring (bicyclic) bond motifs is 1. The van der Waals surface area contributed by atoms with Crippen molar-refractivity contribution in [1.29, 1.82) is 0 Å². The Balaban J connectivity index is 1.26. The van der Waals surface area contributed by atoms with Gasteiger partial charge in [0.25, 0.3) is 0 Å². The Hall–Kier alpha value is -2.43. The predicted octanol–water partition coefficient (Wildman–Crippen LogP) is 2.35. The number of rotatable bonds is 5. The summed E-state index contributed by atoms with van der Waals surface area (Å²) in [5.41, 5.74) is 1.09. The first-order valence-electron chi connectivity index (χ1n) is 11.0. The monoisotopic (exact) mass is 463 g/mol. The van der Waals surface area contributed by atoms with Gasteiger partial charge in [0, 0.05) is 11.7 Å². The van der Waals surface area contributed by atoms with Crippen LogP contribution in [0.3, 0.4) is 0 Å². The van der Waals surface area contributed by atoms with Crippen LogP contribution in [0.25, 0.3) is 0 Å². The summed E-state index contributed by atoms with van der Waals surface area (Å²) in [4.78, 5) is 24.0. The van der Waals surface area contributed by atoms with E-state index in [0.717, 1.165) is 25.7 Å². The molecule has 32 heavy (non-hydrogen) atoms. The van der Waals surface area contributed by atoms with Gasteiger partial charge in [0.2, 0.25) is 0 Å². The molecule has 4 atom stereocenters. The van der Waals surface area contributed by atoms with Gasteiger partial charge in [-0.3, -0.25) is 0 Å². The lowest BCUT2D eigenvalue weighted by Gasteiger charge is -2.24. The van der Waals surface area contributed by atoms with E-state index in [-0.39, 0.29) is 30.9 Å². The molecule has 174 valence electrons. The molecule has 1 aliphatic carbocycles. The van der Waals surface area contributed by atoms with Crippen molar-refractivity contribution >= 4 is 35.1 Å². The number of thiocarbonyl (C=S) groups is 1. The van der Waals surface area contributed by atoms with E-state index >= 15 is 0 Å². The van der Waals surface area contributed by atoms with Gasteiger partial charge < -0.3 is 34.9 Å². The van der Waals surface area contributed by atoms with E-state index in [1.54, 1.807) is 24.3 Å². The molecule has 0 spiro atoms. The number of alkyl carbamates (subject to hydrolysis) is 1. The molecular weight excluding hydrogens is 434 g/mol. The number of nitrogens with one attached hydrogen (secondary N) is 3. The van der Waals surface area contributed by atoms with Gasteiger partial charge in [0.15, 0.2) is 11.2 Å². The molecule has 0 unspecified atom stereocenters. The molecule has 1 aromatic rings. The second-order valence-electron chi connectivity index (χ2n) is 8.30. The van der Waals surface area contributed by atoms with E-state index in [1.165, 1.54) is 13.5 Å². The lowest BCUT2D eigenvalue weighted by Crippen LogP contribution is -2.46. The minimum absolute atomic E-state index is 0.182. The number of carbonyl (C=O) groups excluding carboxylic acids is 2. The summed E-state index contributed by atoms with van der Waals surface area (Å²) in [5.74, 6) is -0.419. The normalized spacial score (nSPS) is 27.3. The fraction of sp³-hybridized carbons (Fsp3) is 0.591. The molecule has 0 radical (unpaired) electrons. The maximum Gasteiger partial charge on any atom is 0.407 e. The molecule has 0 aromatic heterocycles. The number of hydrogen-bond acceptors (Lipinski definition) is 7. The van der Waals surface area contributed by atoms with Crippen LogP contribution in [0.1, 0.15) is 42.5 Å². The average Bonchev–Trinajstić information content (AvgIpc) is 3.37. The van der Waals surface area contributed by atoms with E-state index in [0.29, 0.717) is 23.0 Å². The van der Waals surface area contributed by atoms with Gasteiger partial charge in [0.05, 0.1) is 31.9 Å². The first kappa shape index (κ1) is 22.8. The largest absolute Gasteiger partial charge is 0.465 e. The third kappa shape index (κ3) is 5.48. The molecule has 2 heterocycles. The minimum atomic E-state index is -0.450. The van der Waals surface area contributed by atoms with E-state index in [2.05, 4.69) is 16.0 Å². The third-order valence-electron chi connectivity index (χ3n) is 6.05. The SMILES string of the molecule is COC(=O)c1cccc(NC(=S)N[C@@H]2CO[C@@H]3[C@@H]2OC[C@H]3OC(=O)NC2CCCCC2)c1. The zero-order valence-electron chi connectivity index (χ0n) is 18.0. The van der Waals surface area contributed by atoms with E-state index < -0.39 is 18.2 Å². The molecule has 3 fully saturated rings. The van der Waals surface area contributed by atoms with Gasteiger partial charge in [-0.05, 0) is 43.3 Å². The van der Waals surface area contributed by atoms with Crippen LogP contribution in [0.4, 0.5) is 10.5 Å². The summed E-state index contributed by atoms with van der Waals surface area (Å²) in [7, 11) is 1.34. The van der Waals surface area contributed by atoms with Gasteiger partial charge >= 0.3 is 12.1 Å². The number of esters is 1. The zero-order valence-corrected chi connectivity index (χ0v) is 18.8. The van der Waals surface area contributed by atoms with Crippen molar-refractivity contribution in [2.24, 2.45) is 0 Å². The van der Waals surface area contributed by atoms with Gasteiger partial charge in [-0.15, -0.1) is 0 Å². The highest BCUT2D eigenvalue weighted by molar-refractivity contribution is 7.80. The van der Waals surface area contributed by atoms with Gasteiger partial charge in [-0.2, -0.15) is 0 Å². The lowest BCUT2D eigenvalue weighted by molar-refractivity contribution is 0.00277. The Morgan fingerprint density at radius 2 is 1.84 bits per heavy atom. The zero-order chi connectivity index (χ0) is 22.5. The summed E-state index contributed by atoms with van der Waals surface area (Å²) >= 11 is 5.42. The molecular formula is C22H29N3O6S. The quantitative estimate of drug-likeness (QED) is 0.448. The molecule has 10 heteroatoms. The molecule has 1 saturated carbocycles. The molecule has 4 rings (SSSR count). The number of amides is 1. The highest BCUT2D eigenvalue weighted by atomic mass is 32.1. The van der Waals surface area contributed by atoms with Crippen LogP contribution < -0.4 is 16.0 Å². The number of benzene rings is 1. The molecule has 3 N–H and O–H groups in total. The van der Waals surface area contributed by atoms with E-state index in [4.69, 9.17) is 31.2 Å². The maximum atomic E-state index is 12.3. The highest BCUT2D eigenvalue weighted by Crippen LogP contribution is 2.29. The number of methoxy groups -OCH3 is 1. The topological polar surface area (TPSA) is 107 Å². The number of anilines is 1. The molecule has 1 aromatic carbocycles. The smallest absolute Gasteiger partial charge is 0.407 e. The Bertz CT molecular complexity index is 847. The molecule has 1 amide bonds. The van der Waals surface area contributed by atoms with Crippen LogP contribution in [0.2, 0.25) is 0 Å². The van der Waals surface area contributed by atoms with Crippen LogP contribution in [-0.2, 0) is 18.9 Å². The first-order chi connectivity index (χ1) is 15.5. The van der Waals surface area contributed by atoms with E-state index in [1.807, 2.05) is 0 Å². The minimum Gasteiger partial charge on any atom is -0.465 e. The lowest BCUT2D eigenvalue weighted by atomic mass is 9.96. The van der Waals surface area contributed by atoms with Gasteiger partial charge in [-0.25, -0.2) is 9.59 Å². The summed E-state index contributed by atoms with van der Waals surface area (Å²) < 4.78 is 22.1. The Kier molecular flexibility index (Phi) is 7.44. The molecule has 0 bridgehead atoms. The molecule has 9 nitrogen and oxygen atoms in total. The van der Waals surface area contributed by atoms with Crippen LogP contribution in [-0.4, -0.2) is 67.9 Å². The van der Waals surface area contributed by atoms with Crippen molar-refractivity contribution in [1.82, 2.24) is 10.6 Å².